The average Bonchev–Trinajstić information content (AvgIpc) is 2.25. The molecule has 0 saturated heterocycles. The first kappa shape index (κ1) is 15.3. The summed E-state index contributed by atoms with van der Waals surface area (Å²) in [5.74, 6) is 1.28. The highest BCUT2D eigenvalue weighted by atomic mass is 32.2. The molecule has 0 aliphatic rings. The molecule has 0 fully saturated rings. The smallest absolute Gasteiger partial charge is 0.0158 e. The molecule has 0 bridgehead atoms. The van der Waals surface area contributed by atoms with Gasteiger partial charge in [-0.25, -0.2) is 0 Å². The summed E-state index contributed by atoms with van der Waals surface area (Å²) in [6.45, 7) is 10.2. The third kappa shape index (κ3) is 9.25. The molecule has 1 N–H and O–H groups in total. The lowest BCUT2D eigenvalue weighted by Gasteiger charge is -2.19. The molecule has 0 amide bonds. The van der Waals surface area contributed by atoms with E-state index in [1.165, 1.54) is 37.9 Å². The maximum atomic E-state index is 3.60. The Morgan fingerprint density at radius 2 is 1.87 bits per heavy atom. The van der Waals surface area contributed by atoms with E-state index in [1.54, 1.807) is 0 Å². The van der Waals surface area contributed by atoms with Gasteiger partial charge in [0.2, 0.25) is 0 Å². The summed E-state index contributed by atoms with van der Waals surface area (Å²) in [6.07, 6.45) is 6.74. The molecule has 0 aromatic rings. The predicted octanol–water partition coefficient (Wildman–Crippen LogP) is 4.08. The monoisotopic (exact) mass is 231 g/mol. The molecule has 0 rings (SSSR count). The number of unbranched alkanes of at least 4 members (excludes halogenated alkanes) is 2. The Labute approximate surface area is 101 Å². The Hall–Kier alpha value is 0.310. The number of hydrogen-bond donors (Lipinski definition) is 1. The van der Waals surface area contributed by atoms with Gasteiger partial charge in [0.05, 0.1) is 0 Å². The van der Waals surface area contributed by atoms with Crippen molar-refractivity contribution in [3.05, 3.63) is 0 Å². The maximum Gasteiger partial charge on any atom is 0.0158 e. The molecule has 0 aromatic heterocycles. The zero-order valence-corrected chi connectivity index (χ0v) is 11.8. The van der Waals surface area contributed by atoms with Gasteiger partial charge in [-0.1, -0.05) is 47.0 Å². The van der Waals surface area contributed by atoms with Crippen molar-refractivity contribution in [3.63, 3.8) is 0 Å². The summed E-state index contributed by atoms with van der Waals surface area (Å²) in [5, 5.41) is 4.42. The van der Waals surface area contributed by atoms with Gasteiger partial charge in [-0.3, -0.25) is 0 Å². The van der Waals surface area contributed by atoms with Crippen molar-refractivity contribution in [1.29, 1.82) is 0 Å². The molecule has 2 heteroatoms. The molecule has 0 heterocycles. The van der Waals surface area contributed by atoms with Crippen LogP contribution in [0.1, 0.15) is 59.8 Å². The highest BCUT2D eigenvalue weighted by Gasteiger charge is 2.08. The summed E-state index contributed by atoms with van der Waals surface area (Å²) in [6, 6.07) is 0.737. The molecular weight excluding hydrogens is 202 g/mol. The molecule has 0 spiro atoms. The van der Waals surface area contributed by atoms with Crippen LogP contribution in [-0.2, 0) is 0 Å². The number of nitrogens with one attached hydrogen (secondary N) is 1. The summed E-state index contributed by atoms with van der Waals surface area (Å²) >= 11 is 2.12. The topological polar surface area (TPSA) is 12.0 Å². The zero-order valence-electron chi connectivity index (χ0n) is 11.0. The van der Waals surface area contributed by atoms with E-state index in [1.807, 2.05) is 0 Å². The number of rotatable bonds is 10. The molecule has 0 aliphatic heterocycles. The lowest BCUT2D eigenvalue weighted by molar-refractivity contribution is 0.505. The minimum Gasteiger partial charge on any atom is -0.313 e. The molecule has 0 aromatic carbocycles. The van der Waals surface area contributed by atoms with Crippen LogP contribution in [-0.4, -0.2) is 23.6 Å². The average molecular weight is 231 g/mol. The molecule has 0 saturated carbocycles. The Morgan fingerprint density at radius 3 is 2.40 bits per heavy atom. The first-order valence-electron chi connectivity index (χ1n) is 6.59. The first-order valence-corrected chi connectivity index (χ1v) is 7.64. The highest BCUT2D eigenvalue weighted by molar-refractivity contribution is 7.99. The molecule has 15 heavy (non-hydrogen) atoms. The van der Waals surface area contributed by atoms with E-state index in [9.17, 15) is 0 Å². The highest BCUT2D eigenvalue weighted by Crippen LogP contribution is 2.17. The van der Waals surface area contributed by atoms with Crippen LogP contribution in [0.2, 0.25) is 0 Å². The second-order valence-corrected chi connectivity index (χ2v) is 5.77. The summed E-state index contributed by atoms with van der Waals surface area (Å²) in [4.78, 5) is 0. The maximum absolute atomic E-state index is 3.60. The minimum atomic E-state index is 0.737. The van der Waals surface area contributed by atoms with Crippen LogP contribution in [0.25, 0.3) is 0 Å². The normalized spacial score (nSPS) is 15.2. The van der Waals surface area contributed by atoms with Crippen molar-refractivity contribution in [1.82, 2.24) is 5.32 Å². The van der Waals surface area contributed by atoms with Gasteiger partial charge >= 0.3 is 0 Å². The Morgan fingerprint density at radius 1 is 1.13 bits per heavy atom. The van der Waals surface area contributed by atoms with Crippen molar-refractivity contribution in [2.45, 2.75) is 71.1 Å². The molecule has 1 nitrogen and oxygen atoms in total. The summed E-state index contributed by atoms with van der Waals surface area (Å²) < 4.78 is 0. The summed E-state index contributed by atoms with van der Waals surface area (Å²) in [7, 11) is 0. The van der Waals surface area contributed by atoms with Crippen LogP contribution in [0.4, 0.5) is 0 Å². The standard InChI is InChI=1S/C13H29NS/c1-5-8-9-10-13(14-7-3)11-15-12(4)6-2/h12-14H,5-11H2,1-4H3. The third-order valence-corrected chi connectivity index (χ3v) is 4.30. The van der Waals surface area contributed by atoms with E-state index in [-0.39, 0.29) is 0 Å². The molecule has 2 atom stereocenters. The van der Waals surface area contributed by atoms with Crippen LogP contribution in [0.3, 0.4) is 0 Å². The van der Waals surface area contributed by atoms with E-state index in [4.69, 9.17) is 0 Å². The van der Waals surface area contributed by atoms with Crippen molar-refractivity contribution in [2.75, 3.05) is 12.3 Å². The summed E-state index contributed by atoms with van der Waals surface area (Å²) in [5.41, 5.74) is 0. The zero-order chi connectivity index (χ0) is 11.5. The second kappa shape index (κ2) is 10.8. The molecule has 92 valence electrons. The molecule has 2 unspecified atom stereocenters. The van der Waals surface area contributed by atoms with E-state index in [0.29, 0.717) is 0 Å². The lowest BCUT2D eigenvalue weighted by Crippen LogP contribution is -2.31. The fraction of sp³-hybridized carbons (Fsp3) is 1.00. The van der Waals surface area contributed by atoms with Crippen molar-refractivity contribution in [2.24, 2.45) is 0 Å². The SMILES string of the molecule is CCCCCC(CSC(C)CC)NCC. The van der Waals surface area contributed by atoms with Gasteiger partial charge < -0.3 is 5.32 Å². The molecule has 0 radical (unpaired) electrons. The number of hydrogen-bond acceptors (Lipinski definition) is 2. The molecular formula is C13H29NS. The Balaban J connectivity index is 3.62. The van der Waals surface area contributed by atoms with Gasteiger partial charge in [-0.15, -0.1) is 0 Å². The fourth-order valence-corrected chi connectivity index (χ4v) is 2.65. The van der Waals surface area contributed by atoms with Crippen LogP contribution in [0, 0.1) is 0 Å². The quantitative estimate of drug-likeness (QED) is 0.569. The van der Waals surface area contributed by atoms with Gasteiger partial charge in [0, 0.05) is 17.0 Å². The van der Waals surface area contributed by atoms with Crippen LogP contribution in [0.5, 0.6) is 0 Å². The lowest BCUT2D eigenvalue weighted by atomic mass is 10.1. The van der Waals surface area contributed by atoms with E-state index < -0.39 is 0 Å². The van der Waals surface area contributed by atoms with Gasteiger partial charge in [-0.2, -0.15) is 11.8 Å². The van der Waals surface area contributed by atoms with Gasteiger partial charge in [0.25, 0.3) is 0 Å². The van der Waals surface area contributed by atoms with Crippen molar-refractivity contribution < 1.29 is 0 Å². The van der Waals surface area contributed by atoms with Gasteiger partial charge in [0.15, 0.2) is 0 Å². The second-order valence-electron chi connectivity index (χ2n) is 4.30. The van der Waals surface area contributed by atoms with Crippen LogP contribution >= 0.6 is 11.8 Å². The minimum absolute atomic E-state index is 0.737. The predicted molar refractivity (Wildman–Crippen MR) is 73.8 cm³/mol. The largest absolute Gasteiger partial charge is 0.313 e. The van der Waals surface area contributed by atoms with Crippen LogP contribution < -0.4 is 5.32 Å². The van der Waals surface area contributed by atoms with Gasteiger partial charge in [0.1, 0.15) is 0 Å². The van der Waals surface area contributed by atoms with Gasteiger partial charge in [-0.05, 0) is 19.4 Å². The van der Waals surface area contributed by atoms with E-state index in [0.717, 1.165) is 17.8 Å². The first-order chi connectivity index (χ1) is 7.24. The van der Waals surface area contributed by atoms with Crippen molar-refractivity contribution >= 4 is 11.8 Å². The fourth-order valence-electron chi connectivity index (χ4n) is 1.57. The van der Waals surface area contributed by atoms with Crippen LogP contribution in [0.15, 0.2) is 0 Å². The van der Waals surface area contributed by atoms with Crippen molar-refractivity contribution in [3.8, 4) is 0 Å². The van der Waals surface area contributed by atoms with E-state index in [2.05, 4.69) is 44.8 Å². The Kier molecular flexibility index (Phi) is 11.0. The van der Waals surface area contributed by atoms with E-state index >= 15 is 0 Å². The molecule has 0 aliphatic carbocycles. The third-order valence-electron chi connectivity index (χ3n) is 2.81. The number of thioether (sulfide) groups is 1. The Bertz CT molecular complexity index is 128.